The van der Waals surface area contributed by atoms with Crippen LogP contribution < -0.4 is 4.90 Å². The van der Waals surface area contributed by atoms with Crippen LogP contribution in [-0.4, -0.2) is 32.1 Å². The molecule has 0 saturated heterocycles. The molecule has 0 fully saturated rings. The number of hydrogen-bond donors (Lipinski definition) is 0. The molecule has 0 saturated carbocycles. The van der Waals surface area contributed by atoms with Gasteiger partial charge in [-0.25, -0.2) is 13.4 Å². The van der Waals surface area contributed by atoms with Crippen molar-refractivity contribution in [3.63, 3.8) is 0 Å². The average Bonchev–Trinajstić information content (AvgIpc) is 3.36. The minimum Gasteiger partial charge on any atom is -0.284 e. The van der Waals surface area contributed by atoms with E-state index in [9.17, 15) is 13.2 Å². The first-order chi connectivity index (χ1) is 14.3. The summed E-state index contributed by atoms with van der Waals surface area (Å²) in [4.78, 5) is 21.2. The Balaban J connectivity index is 1.74. The zero-order valence-electron chi connectivity index (χ0n) is 16.5. The predicted octanol–water partition coefficient (Wildman–Crippen LogP) is 4.96. The normalized spacial score (nSPS) is 11.7. The Labute approximate surface area is 183 Å². The number of carbonyl (C=O) groups excluding carboxylic acids is 1. The number of carbonyl (C=O) groups is 1. The summed E-state index contributed by atoms with van der Waals surface area (Å²) in [6.07, 6.45) is 1.91. The van der Waals surface area contributed by atoms with E-state index < -0.39 is 9.84 Å². The molecule has 0 bridgehead atoms. The van der Waals surface area contributed by atoms with Crippen LogP contribution in [0.3, 0.4) is 0 Å². The highest BCUT2D eigenvalue weighted by molar-refractivity contribution is 7.90. The first-order valence-electron chi connectivity index (χ1n) is 9.33. The Bertz CT molecular complexity index is 1310. The summed E-state index contributed by atoms with van der Waals surface area (Å²) in [6.45, 7) is 2.41. The zero-order valence-corrected chi connectivity index (χ0v) is 19.0. The van der Waals surface area contributed by atoms with E-state index in [-0.39, 0.29) is 10.8 Å². The third-order valence-electron chi connectivity index (χ3n) is 4.79. The highest BCUT2D eigenvalue weighted by Gasteiger charge is 2.23. The minimum atomic E-state index is -3.31. The summed E-state index contributed by atoms with van der Waals surface area (Å²) in [5.41, 5.74) is 2.23. The van der Waals surface area contributed by atoms with Gasteiger partial charge in [0, 0.05) is 23.2 Å². The van der Waals surface area contributed by atoms with Crippen LogP contribution in [0.5, 0.6) is 0 Å². The predicted molar refractivity (Wildman–Crippen MR) is 124 cm³/mol. The van der Waals surface area contributed by atoms with Gasteiger partial charge in [0.15, 0.2) is 15.0 Å². The van der Waals surface area contributed by atoms with Crippen LogP contribution in [0.15, 0.2) is 64.9 Å². The SMILES string of the molecule is Cc1ccccc1C(=O)N(CCc1cccs1)c1nc2ccc(S(C)(=O)=O)cc2s1. The summed E-state index contributed by atoms with van der Waals surface area (Å²) in [5, 5.41) is 2.59. The van der Waals surface area contributed by atoms with Crippen molar-refractivity contribution in [3.05, 3.63) is 76.0 Å². The van der Waals surface area contributed by atoms with Crippen LogP contribution in [0.4, 0.5) is 5.13 Å². The lowest BCUT2D eigenvalue weighted by Crippen LogP contribution is -2.33. The molecular weight excluding hydrogens is 436 g/mol. The molecule has 0 aliphatic rings. The molecule has 0 aliphatic carbocycles. The highest BCUT2D eigenvalue weighted by Crippen LogP contribution is 2.32. The summed E-state index contributed by atoms with van der Waals surface area (Å²) < 4.78 is 24.5. The van der Waals surface area contributed by atoms with Gasteiger partial charge in [0.1, 0.15) is 0 Å². The number of aromatic nitrogens is 1. The second-order valence-corrected chi connectivity index (χ2v) is 11.1. The first kappa shape index (κ1) is 20.7. The third-order valence-corrected chi connectivity index (χ3v) is 7.88. The number of rotatable bonds is 6. The van der Waals surface area contributed by atoms with Gasteiger partial charge < -0.3 is 0 Å². The number of amides is 1. The fourth-order valence-corrected chi connectivity index (χ4v) is 5.61. The standard InChI is InChI=1S/C22H20N2O3S3/c1-15-6-3-4-8-18(15)21(25)24(12-11-16-7-5-13-28-16)22-23-19-10-9-17(30(2,26)27)14-20(19)29-22/h3-10,13-14H,11-12H2,1-2H3. The Morgan fingerprint density at radius 1 is 1.10 bits per heavy atom. The summed E-state index contributed by atoms with van der Waals surface area (Å²) in [5.74, 6) is -0.105. The van der Waals surface area contributed by atoms with E-state index in [1.54, 1.807) is 34.4 Å². The molecule has 0 spiro atoms. The van der Waals surface area contributed by atoms with Crippen LogP contribution >= 0.6 is 22.7 Å². The van der Waals surface area contributed by atoms with Crippen LogP contribution in [-0.2, 0) is 16.3 Å². The van der Waals surface area contributed by atoms with Gasteiger partial charge in [-0.3, -0.25) is 9.69 Å². The molecule has 154 valence electrons. The van der Waals surface area contributed by atoms with Gasteiger partial charge in [-0.1, -0.05) is 35.6 Å². The number of anilines is 1. The fraction of sp³-hybridized carbons (Fsp3) is 0.182. The number of thiophene rings is 1. The highest BCUT2D eigenvalue weighted by atomic mass is 32.2. The smallest absolute Gasteiger partial charge is 0.260 e. The van der Waals surface area contributed by atoms with Gasteiger partial charge in [-0.05, 0) is 54.6 Å². The lowest BCUT2D eigenvalue weighted by molar-refractivity contribution is 0.0986. The van der Waals surface area contributed by atoms with E-state index in [2.05, 4.69) is 11.1 Å². The van der Waals surface area contributed by atoms with E-state index in [0.717, 1.165) is 16.7 Å². The molecule has 5 nitrogen and oxygen atoms in total. The number of nitrogens with zero attached hydrogens (tertiary/aromatic N) is 2. The quantitative estimate of drug-likeness (QED) is 0.411. The second kappa shape index (κ2) is 8.29. The second-order valence-electron chi connectivity index (χ2n) is 7.00. The van der Waals surface area contributed by atoms with Crippen LogP contribution in [0.25, 0.3) is 10.2 Å². The van der Waals surface area contributed by atoms with Crippen molar-refractivity contribution in [2.24, 2.45) is 0 Å². The van der Waals surface area contributed by atoms with Crippen LogP contribution in [0.2, 0.25) is 0 Å². The molecule has 2 heterocycles. The van der Waals surface area contributed by atoms with Gasteiger partial charge in [-0.2, -0.15) is 0 Å². The van der Waals surface area contributed by atoms with E-state index in [1.165, 1.54) is 22.5 Å². The van der Waals surface area contributed by atoms with Crippen LogP contribution in [0.1, 0.15) is 20.8 Å². The molecule has 1 amide bonds. The molecule has 2 aromatic carbocycles. The topological polar surface area (TPSA) is 67.3 Å². The Hall–Kier alpha value is -2.55. The van der Waals surface area contributed by atoms with Gasteiger partial charge in [0.2, 0.25) is 0 Å². The van der Waals surface area contributed by atoms with Gasteiger partial charge in [0.05, 0.1) is 15.1 Å². The van der Waals surface area contributed by atoms with Crippen molar-refractivity contribution in [1.82, 2.24) is 4.98 Å². The molecule has 4 aromatic rings. The number of hydrogen-bond acceptors (Lipinski definition) is 6. The van der Waals surface area contributed by atoms with Crippen LogP contribution in [0, 0.1) is 6.92 Å². The number of aryl methyl sites for hydroxylation is 1. The number of fused-ring (bicyclic) bond motifs is 1. The number of sulfone groups is 1. The maximum absolute atomic E-state index is 13.4. The van der Waals surface area contributed by atoms with Crippen molar-refractivity contribution in [3.8, 4) is 0 Å². The summed E-state index contributed by atoms with van der Waals surface area (Å²) >= 11 is 2.99. The Morgan fingerprint density at radius 3 is 2.60 bits per heavy atom. The molecule has 4 rings (SSSR count). The lowest BCUT2D eigenvalue weighted by Gasteiger charge is -2.20. The van der Waals surface area contributed by atoms with Crippen molar-refractivity contribution >= 4 is 53.8 Å². The molecule has 0 N–H and O–H groups in total. The van der Waals surface area contributed by atoms with Crippen molar-refractivity contribution in [2.45, 2.75) is 18.2 Å². The molecular formula is C22H20N2O3S3. The van der Waals surface area contributed by atoms with E-state index in [1.807, 2.05) is 42.6 Å². The third kappa shape index (κ3) is 4.30. The first-order valence-corrected chi connectivity index (χ1v) is 12.9. The Kier molecular flexibility index (Phi) is 5.73. The minimum absolute atomic E-state index is 0.105. The fourth-order valence-electron chi connectivity index (χ4n) is 3.16. The van der Waals surface area contributed by atoms with E-state index in [0.29, 0.717) is 22.8 Å². The largest absolute Gasteiger partial charge is 0.284 e. The van der Waals surface area contributed by atoms with Crippen molar-refractivity contribution in [1.29, 1.82) is 0 Å². The van der Waals surface area contributed by atoms with Gasteiger partial charge in [-0.15, -0.1) is 11.3 Å². The van der Waals surface area contributed by atoms with Crippen molar-refractivity contribution < 1.29 is 13.2 Å². The lowest BCUT2D eigenvalue weighted by atomic mass is 10.1. The number of thiazole rings is 1. The summed E-state index contributed by atoms with van der Waals surface area (Å²) in [6, 6.07) is 16.4. The molecule has 0 aliphatic heterocycles. The molecule has 0 atom stereocenters. The molecule has 0 unspecified atom stereocenters. The average molecular weight is 457 g/mol. The summed E-state index contributed by atoms with van der Waals surface area (Å²) in [7, 11) is -3.31. The number of benzene rings is 2. The van der Waals surface area contributed by atoms with E-state index >= 15 is 0 Å². The van der Waals surface area contributed by atoms with Crippen molar-refractivity contribution in [2.75, 3.05) is 17.7 Å². The molecule has 30 heavy (non-hydrogen) atoms. The van der Waals surface area contributed by atoms with Gasteiger partial charge in [0.25, 0.3) is 5.91 Å². The molecule has 8 heteroatoms. The Morgan fingerprint density at radius 2 is 1.90 bits per heavy atom. The molecule has 0 radical (unpaired) electrons. The van der Waals surface area contributed by atoms with Gasteiger partial charge >= 0.3 is 0 Å². The van der Waals surface area contributed by atoms with E-state index in [4.69, 9.17) is 0 Å². The monoisotopic (exact) mass is 456 g/mol. The maximum atomic E-state index is 13.4. The zero-order chi connectivity index (χ0) is 21.3. The molecule has 2 aromatic heterocycles. The maximum Gasteiger partial charge on any atom is 0.260 e.